The van der Waals surface area contributed by atoms with Crippen LogP contribution in [0, 0.1) is 0 Å². The highest BCUT2D eigenvalue weighted by Crippen LogP contribution is 2.46. The van der Waals surface area contributed by atoms with Gasteiger partial charge in [-0.25, -0.2) is 0 Å². The van der Waals surface area contributed by atoms with Gasteiger partial charge in [0, 0.05) is 48.4 Å². The molecule has 8 aromatic carbocycles. The Morgan fingerprint density at radius 2 is 1.06 bits per heavy atom. The summed E-state index contributed by atoms with van der Waals surface area (Å²) >= 11 is 1.85. The van der Waals surface area contributed by atoms with Crippen molar-refractivity contribution in [1.29, 1.82) is 0 Å². The standard InChI is InChI=1S/C46H29NOS/c1-2-9-30(10-3-1)35-21-25-40-45(28-35)49-44-16-8-14-41(46(40)44)47(37-24-26-39-38-13-6-7-15-42(38)48-43(39)29-37)36-22-19-32(20-23-36)34-18-17-31-11-4-5-12-33(31)27-34/h1-29H. The fraction of sp³-hybridized carbons (Fsp3) is 0. The van der Waals surface area contributed by atoms with Crippen molar-refractivity contribution in [2.24, 2.45) is 0 Å². The maximum absolute atomic E-state index is 6.40. The molecule has 0 spiro atoms. The summed E-state index contributed by atoms with van der Waals surface area (Å²) in [7, 11) is 0. The molecule has 10 rings (SSSR count). The normalized spacial score (nSPS) is 11.7. The number of fused-ring (bicyclic) bond motifs is 7. The zero-order valence-corrected chi connectivity index (χ0v) is 27.3. The molecule has 2 nitrogen and oxygen atoms in total. The molecule has 230 valence electrons. The molecule has 0 N–H and O–H groups in total. The van der Waals surface area contributed by atoms with Crippen molar-refractivity contribution < 1.29 is 4.42 Å². The molecule has 10 aromatic rings. The van der Waals surface area contributed by atoms with E-state index in [0.29, 0.717) is 0 Å². The number of furan rings is 1. The fourth-order valence-electron chi connectivity index (χ4n) is 7.26. The van der Waals surface area contributed by atoms with Gasteiger partial charge in [-0.2, -0.15) is 0 Å². The van der Waals surface area contributed by atoms with Crippen molar-refractivity contribution >= 4 is 81.3 Å². The summed E-state index contributed by atoms with van der Waals surface area (Å²) in [6.07, 6.45) is 0. The summed E-state index contributed by atoms with van der Waals surface area (Å²) in [6, 6.07) is 63.3. The molecule has 0 fully saturated rings. The van der Waals surface area contributed by atoms with E-state index in [0.717, 1.165) is 39.0 Å². The number of nitrogens with zero attached hydrogens (tertiary/aromatic N) is 1. The van der Waals surface area contributed by atoms with Crippen LogP contribution in [0.25, 0.3) is 75.1 Å². The highest BCUT2D eigenvalue weighted by Gasteiger charge is 2.20. The highest BCUT2D eigenvalue weighted by molar-refractivity contribution is 7.26. The summed E-state index contributed by atoms with van der Waals surface area (Å²) in [5, 5.41) is 7.27. The van der Waals surface area contributed by atoms with E-state index in [9.17, 15) is 0 Å². The molecule has 0 saturated carbocycles. The molecule has 49 heavy (non-hydrogen) atoms. The summed E-state index contributed by atoms with van der Waals surface area (Å²) in [5.74, 6) is 0. The van der Waals surface area contributed by atoms with Crippen molar-refractivity contribution in [1.82, 2.24) is 0 Å². The van der Waals surface area contributed by atoms with Crippen LogP contribution in [0.3, 0.4) is 0 Å². The first-order valence-corrected chi connectivity index (χ1v) is 17.4. The van der Waals surface area contributed by atoms with Crippen LogP contribution in [0.1, 0.15) is 0 Å². The van der Waals surface area contributed by atoms with Gasteiger partial charge in [0.25, 0.3) is 0 Å². The highest BCUT2D eigenvalue weighted by atomic mass is 32.1. The van der Waals surface area contributed by atoms with E-state index in [-0.39, 0.29) is 0 Å². The van der Waals surface area contributed by atoms with Crippen LogP contribution >= 0.6 is 11.3 Å². The minimum atomic E-state index is 0.881. The van der Waals surface area contributed by atoms with E-state index in [1.54, 1.807) is 0 Å². The third-order valence-electron chi connectivity index (χ3n) is 9.65. The number of para-hydroxylation sites is 1. The third-order valence-corrected chi connectivity index (χ3v) is 10.8. The second-order valence-electron chi connectivity index (χ2n) is 12.6. The maximum atomic E-state index is 6.40. The van der Waals surface area contributed by atoms with Gasteiger partial charge >= 0.3 is 0 Å². The minimum Gasteiger partial charge on any atom is -0.456 e. The number of rotatable bonds is 5. The molecule has 0 amide bonds. The monoisotopic (exact) mass is 643 g/mol. The lowest BCUT2D eigenvalue weighted by Crippen LogP contribution is -2.10. The first-order valence-electron chi connectivity index (χ1n) is 16.6. The number of thiophene rings is 1. The second-order valence-corrected chi connectivity index (χ2v) is 13.6. The van der Waals surface area contributed by atoms with Crippen LogP contribution in [0.15, 0.2) is 180 Å². The molecule has 0 unspecified atom stereocenters. The van der Waals surface area contributed by atoms with E-state index in [1.165, 1.54) is 53.2 Å². The van der Waals surface area contributed by atoms with E-state index in [2.05, 4.69) is 169 Å². The maximum Gasteiger partial charge on any atom is 0.137 e. The molecule has 0 aliphatic carbocycles. The van der Waals surface area contributed by atoms with Crippen molar-refractivity contribution in [3.8, 4) is 22.3 Å². The van der Waals surface area contributed by atoms with Gasteiger partial charge in [0.15, 0.2) is 0 Å². The molecule has 0 atom stereocenters. The Bertz CT molecular complexity index is 2830. The van der Waals surface area contributed by atoms with Gasteiger partial charge in [0.05, 0.1) is 5.69 Å². The summed E-state index contributed by atoms with van der Waals surface area (Å²) in [5.41, 5.74) is 9.94. The molecule has 2 aromatic heterocycles. The lowest BCUT2D eigenvalue weighted by Gasteiger charge is -2.26. The van der Waals surface area contributed by atoms with E-state index in [4.69, 9.17) is 4.42 Å². The van der Waals surface area contributed by atoms with E-state index in [1.807, 2.05) is 23.5 Å². The number of hydrogen-bond acceptors (Lipinski definition) is 3. The van der Waals surface area contributed by atoms with Crippen LogP contribution in [0.4, 0.5) is 17.1 Å². The van der Waals surface area contributed by atoms with Crippen molar-refractivity contribution in [2.75, 3.05) is 4.90 Å². The molecule has 0 radical (unpaired) electrons. The van der Waals surface area contributed by atoms with Gasteiger partial charge in [0.2, 0.25) is 0 Å². The Balaban J connectivity index is 1.16. The summed E-state index contributed by atoms with van der Waals surface area (Å²) in [6.45, 7) is 0. The molecule has 3 heteroatoms. The number of hydrogen-bond donors (Lipinski definition) is 0. The van der Waals surface area contributed by atoms with Gasteiger partial charge in [-0.15, -0.1) is 11.3 Å². The van der Waals surface area contributed by atoms with Gasteiger partial charge in [-0.05, 0) is 87.6 Å². The molecule has 0 aliphatic rings. The average molecular weight is 644 g/mol. The minimum absolute atomic E-state index is 0.881. The topological polar surface area (TPSA) is 16.4 Å². The molecule has 0 aliphatic heterocycles. The van der Waals surface area contributed by atoms with Crippen LogP contribution in [0.2, 0.25) is 0 Å². The lowest BCUT2D eigenvalue weighted by molar-refractivity contribution is 0.669. The molecule has 2 heterocycles. The van der Waals surface area contributed by atoms with Crippen molar-refractivity contribution in [3.63, 3.8) is 0 Å². The first kappa shape index (κ1) is 27.9. The fourth-order valence-corrected chi connectivity index (χ4v) is 8.42. The van der Waals surface area contributed by atoms with Gasteiger partial charge in [-0.3, -0.25) is 0 Å². The lowest BCUT2D eigenvalue weighted by atomic mass is 10.0. The Kier molecular flexibility index (Phi) is 6.39. The predicted octanol–water partition coefficient (Wildman–Crippen LogP) is 13.9. The quantitative estimate of drug-likeness (QED) is 0.186. The summed E-state index contributed by atoms with van der Waals surface area (Å²) in [4.78, 5) is 2.39. The van der Waals surface area contributed by atoms with E-state index < -0.39 is 0 Å². The first-order chi connectivity index (χ1) is 24.3. The Morgan fingerprint density at radius 1 is 0.388 bits per heavy atom. The Morgan fingerprint density at radius 3 is 1.96 bits per heavy atom. The van der Waals surface area contributed by atoms with Crippen molar-refractivity contribution in [3.05, 3.63) is 176 Å². The second kappa shape index (κ2) is 11.2. The number of benzene rings is 8. The molecule has 0 saturated heterocycles. The van der Waals surface area contributed by atoms with Crippen LogP contribution in [-0.4, -0.2) is 0 Å². The zero-order valence-electron chi connectivity index (χ0n) is 26.5. The van der Waals surface area contributed by atoms with Crippen LogP contribution in [-0.2, 0) is 0 Å². The smallest absolute Gasteiger partial charge is 0.137 e. The Hall–Kier alpha value is -6.16. The summed E-state index contributed by atoms with van der Waals surface area (Å²) < 4.78 is 8.95. The molecular weight excluding hydrogens is 615 g/mol. The SMILES string of the molecule is c1ccc(-c2ccc3c(c2)sc2cccc(N(c4ccc(-c5ccc6ccccc6c5)cc4)c4ccc5c(c4)oc4ccccc45)c23)cc1. The van der Waals surface area contributed by atoms with Gasteiger partial charge in [-0.1, -0.05) is 115 Å². The average Bonchev–Trinajstić information content (AvgIpc) is 3.73. The zero-order chi connectivity index (χ0) is 32.3. The van der Waals surface area contributed by atoms with Crippen LogP contribution in [0.5, 0.6) is 0 Å². The molecule has 0 bridgehead atoms. The largest absolute Gasteiger partial charge is 0.456 e. The van der Waals surface area contributed by atoms with Crippen LogP contribution < -0.4 is 4.90 Å². The van der Waals surface area contributed by atoms with Gasteiger partial charge < -0.3 is 9.32 Å². The third kappa shape index (κ3) is 4.70. The van der Waals surface area contributed by atoms with Gasteiger partial charge in [0.1, 0.15) is 11.2 Å². The van der Waals surface area contributed by atoms with Crippen molar-refractivity contribution in [2.45, 2.75) is 0 Å². The molecular formula is C46H29NOS. The Labute approximate surface area is 287 Å². The van der Waals surface area contributed by atoms with E-state index >= 15 is 0 Å². The predicted molar refractivity (Wildman–Crippen MR) is 210 cm³/mol. The number of anilines is 3.